The van der Waals surface area contributed by atoms with E-state index in [1.165, 1.54) is 23.1 Å². The van der Waals surface area contributed by atoms with Crippen LogP contribution in [0.15, 0.2) is 39.6 Å². The number of amides is 1. The number of rotatable bonds is 7. The highest BCUT2D eigenvalue weighted by Crippen LogP contribution is 2.36. The predicted octanol–water partition coefficient (Wildman–Crippen LogP) is 5.02. The molecule has 6 nitrogen and oxygen atoms in total. The van der Waals surface area contributed by atoms with Gasteiger partial charge in [0.05, 0.1) is 24.3 Å². The van der Waals surface area contributed by atoms with Crippen molar-refractivity contribution >= 4 is 50.8 Å². The van der Waals surface area contributed by atoms with Crippen molar-refractivity contribution in [1.82, 2.24) is 14.5 Å². The van der Waals surface area contributed by atoms with Crippen molar-refractivity contribution in [2.24, 2.45) is 11.8 Å². The van der Waals surface area contributed by atoms with E-state index >= 15 is 0 Å². The van der Waals surface area contributed by atoms with Gasteiger partial charge in [-0.15, -0.1) is 11.3 Å². The number of carbonyl (C=O) groups excluding carboxylic acids is 1. The Labute approximate surface area is 206 Å². The number of piperidine rings is 1. The van der Waals surface area contributed by atoms with Crippen molar-refractivity contribution in [2.45, 2.75) is 32.0 Å². The van der Waals surface area contributed by atoms with Crippen LogP contribution in [0.3, 0.4) is 0 Å². The minimum atomic E-state index is -0.136. The first-order chi connectivity index (χ1) is 15.9. The van der Waals surface area contributed by atoms with Crippen molar-refractivity contribution in [3.8, 4) is 11.1 Å². The molecule has 0 saturated carbocycles. The number of likely N-dealkylation sites (tertiary alicyclic amines) is 1. The number of thiophene rings is 1. The molecule has 0 aliphatic carbocycles. The molecule has 176 valence electrons. The maximum absolute atomic E-state index is 13.6. The second kappa shape index (κ2) is 10.6. The van der Waals surface area contributed by atoms with Gasteiger partial charge in [-0.2, -0.15) is 0 Å². The molecule has 0 radical (unpaired) electrons. The monoisotopic (exact) mass is 505 g/mol. The number of aromatic nitrogens is 2. The van der Waals surface area contributed by atoms with Crippen molar-refractivity contribution in [2.75, 3.05) is 32.6 Å². The molecule has 0 unspecified atom stereocenters. The molecule has 1 saturated heterocycles. The molecule has 2 atom stereocenters. The van der Waals surface area contributed by atoms with Crippen LogP contribution >= 0.6 is 34.7 Å². The second-order valence-corrected chi connectivity index (χ2v) is 10.9. The smallest absolute Gasteiger partial charge is 0.263 e. The van der Waals surface area contributed by atoms with Crippen molar-refractivity contribution in [1.29, 1.82) is 0 Å². The van der Waals surface area contributed by atoms with Crippen LogP contribution in [0.25, 0.3) is 21.3 Å². The largest absolute Gasteiger partial charge is 0.383 e. The van der Waals surface area contributed by atoms with Gasteiger partial charge in [0.25, 0.3) is 5.56 Å². The van der Waals surface area contributed by atoms with Crippen LogP contribution in [0.2, 0.25) is 5.02 Å². The van der Waals surface area contributed by atoms with E-state index in [1.807, 2.05) is 34.5 Å². The summed E-state index contributed by atoms with van der Waals surface area (Å²) in [7, 11) is 1.60. The lowest BCUT2D eigenvalue weighted by molar-refractivity contribution is -0.130. The van der Waals surface area contributed by atoms with Gasteiger partial charge >= 0.3 is 0 Å². The SMILES string of the molecule is COCCn1c(SCC(=O)N2C[C@@H](C)C[C@H](C)C2)nc2scc(-c3ccccc3Cl)c2c1=O. The zero-order chi connectivity index (χ0) is 23.5. The number of nitrogens with zero attached hydrogens (tertiary/aromatic N) is 3. The maximum Gasteiger partial charge on any atom is 0.263 e. The minimum Gasteiger partial charge on any atom is -0.383 e. The first-order valence-corrected chi connectivity index (χ1v) is 13.3. The van der Waals surface area contributed by atoms with Crippen LogP contribution < -0.4 is 5.56 Å². The number of methoxy groups -OCH3 is 1. The van der Waals surface area contributed by atoms with Gasteiger partial charge in [0, 0.05) is 41.7 Å². The van der Waals surface area contributed by atoms with Crippen LogP contribution in [-0.2, 0) is 16.1 Å². The Balaban J connectivity index is 1.66. The highest BCUT2D eigenvalue weighted by atomic mass is 35.5. The topological polar surface area (TPSA) is 64.4 Å². The quantitative estimate of drug-likeness (QED) is 0.333. The highest BCUT2D eigenvalue weighted by Gasteiger charge is 2.26. The first kappa shape index (κ1) is 24.3. The third-order valence-electron chi connectivity index (χ3n) is 5.89. The summed E-state index contributed by atoms with van der Waals surface area (Å²) < 4.78 is 6.86. The van der Waals surface area contributed by atoms with Crippen molar-refractivity contribution in [3.05, 3.63) is 45.0 Å². The number of thioether (sulfide) groups is 1. The molecular weight excluding hydrogens is 478 g/mol. The van der Waals surface area contributed by atoms with Crippen LogP contribution in [0, 0.1) is 11.8 Å². The van der Waals surface area contributed by atoms with Gasteiger partial charge in [-0.3, -0.25) is 14.2 Å². The molecule has 9 heteroatoms. The molecule has 0 bridgehead atoms. The van der Waals surface area contributed by atoms with E-state index in [0.29, 0.717) is 45.4 Å². The molecule has 3 heterocycles. The van der Waals surface area contributed by atoms with Gasteiger partial charge in [0.2, 0.25) is 5.91 Å². The second-order valence-electron chi connectivity index (χ2n) is 8.69. The standard InChI is InChI=1S/C24H28ClN3O3S2/c1-15-10-16(2)12-27(11-15)20(29)14-33-24-26-22-21(23(30)28(24)8-9-31-3)18(13-32-22)17-6-4-5-7-19(17)25/h4-7,13,15-16H,8-12,14H2,1-3H3/t15-,16-/m0/s1. The normalized spacial score (nSPS) is 18.7. The van der Waals surface area contributed by atoms with E-state index in [2.05, 4.69) is 13.8 Å². The summed E-state index contributed by atoms with van der Waals surface area (Å²) in [5, 5.41) is 3.62. The van der Waals surface area contributed by atoms with Crippen LogP contribution in [0.4, 0.5) is 0 Å². The fraction of sp³-hybridized carbons (Fsp3) is 0.458. The van der Waals surface area contributed by atoms with Gasteiger partial charge in [0.1, 0.15) is 4.83 Å². The lowest BCUT2D eigenvalue weighted by Gasteiger charge is -2.35. The molecule has 1 amide bonds. The fourth-order valence-electron chi connectivity index (χ4n) is 4.46. The summed E-state index contributed by atoms with van der Waals surface area (Å²) in [6.07, 6.45) is 1.15. The molecule has 0 N–H and O–H groups in total. The average molecular weight is 506 g/mol. The van der Waals surface area contributed by atoms with E-state index in [-0.39, 0.29) is 17.2 Å². The number of benzene rings is 1. The number of ether oxygens (including phenoxy) is 1. The van der Waals surface area contributed by atoms with Gasteiger partial charge in [-0.05, 0) is 24.3 Å². The van der Waals surface area contributed by atoms with Gasteiger partial charge in [0.15, 0.2) is 5.16 Å². The van der Waals surface area contributed by atoms with Crippen LogP contribution in [0.1, 0.15) is 20.3 Å². The van der Waals surface area contributed by atoms with Crippen molar-refractivity contribution in [3.63, 3.8) is 0 Å². The van der Waals surface area contributed by atoms with Gasteiger partial charge < -0.3 is 9.64 Å². The molecule has 2 aromatic heterocycles. The Bertz CT molecular complexity index is 1200. The summed E-state index contributed by atoms with van der Waals surface area (Å²) in [6.45, 7) is 6.70. The van der Waals surface area contributed by atoms with Gasteiger partial charge in [-0.1, -0.05) is 55.4 Å². The minimum absolute atomic E-state index is 0.0916. The summed E-state index contributed by atoms with van der Waals surface area (Å²) in [6, 6.07) is 7.49. The summed E-state index contributed by atoms with van der Waals surface area (Å²) in [4.78, 5) is 33.9. The van der Waals surface area contributed by atoms with E-state index < -0.39 is 0 Å². The lowest BCUT2D eigenvalue weighted by atomic mass is 9.92. The van der Waals surface area contributed by atoms with E-state index in [1.54, 1.807) is 11.7 Å². The Morgan fingerprint density at radius 2 is 1.97 bits per heavy atom. The lowest BCUT2D eigenvalue weighted by Crippen LogP contribution is -2.43. The summed E-state index contributed by atoms with van der Waals surface area (Å²) >= 11 is 9.15. The molecule has 1 fully saturated rings. The molecule has 4 rings (SSSR count). The Morgan fingerprint density at radius 3 is 2.67 bits per heavy atom. The summed E-state index contributed by atoms with van der Waals surface area (Å²) in [5.74, 6) is 1.36. The summed E-state index contributed by atoms with van der Waals surface area (Å²) in [5.41, 5.74) is 1.46. The van der Waals surface area contributed by atoms with Crippen LogP contribution in [-0.4, -0.2) is 52.9 Å². The maximum atomic E-state index is 13.6. The number of fused-ring (bicyclic) bond motifs is 1. The predicted molar refractivity (Wildman–Crippen MR) is 136 cm³/mol. The number of carbonyl (C=O) groups is 1. The third kappa shape index (κ3) is 5.29. The van der Waals surface area contributed by atoms with Crippen molar-refractivity contribution < 1.29 is 9.53 Å². The third-order valence-corrected chi connectivity index (χ3v) is 8.05. The van der Waals surface area contributed by atoms with E-state index in [4.69, 9.17) is 21.3 Å². The average Bonchev–Trinajstić information content (AvgIpc) is 3.20. The number of hydrogen-bond donors (Lipinski definition) is 0. The Hall–Kier alpha value is -1.87. The molecule has 1 aliphatic heterocycles. The Kier molecular flexibility index (Phi) is 7.79. The first-order valence-electron chi connectivity index (χ1n) is 11.1. The molecule has 33 heavy (non-hydrogen) atoms. The molecule has 3 aromatic rings. The number of halogens is 1. The Morgan fingerprint density at radius 1 is 1.24 bits per heavy atom. The van der Waals surface area contributed by atoms with Crippen LogP contribution in [0.5, 0.6) is 0 Å². The highest BCUT2D eigenvalue weighted by molar-refractivity contribution is 7.99. The fourth-order valence-corrected chi connectivity index (χ4v) is 6.60. The molecule has 1 aromatic carbocycles. The van der Waals surface area contributed by atoms with E-state index in [9.17, 15) is 9.59 Å². The number of hydrogen-bond acceptors (Lipinski definition) is 6. The molecule has 1 aliphatic rings. The molecule has 0 spiro atoms. The molecular formula is C24H28ClN3O3S2. The van der Waals surface area contributed by atoms with E-state index in [0.717, 1.165) is 30.6 Å². The zero-order valence-corrected chi connectivity index (χ0v) is 21.4. The van der Waals surface area contributed by atoms with Gasteiger partial charge in [-0.25, -0.2) is 4.98 Å². The zero-order valence-electron chi connectivity index (χ0n) is 19.0.